The maximum absolute atomic E-state index is 10.8. The van der Waals surface area contributed by atoms with Crippen LogP contribution in [-0.2, 0) is 0 Å². The zero-order valence-corrected chi connectivity index (χ0v) is 8.55. The highest BCUT2D eigenvalue weighted by molar-refractivity contribution is 5.93. The number of aromatic nitrogens is 2. The van der Waals surface area contributed by atoms with Gasteiger partial charge in [0.2, 0.25) is 5.95 Å². The van der Waals surface area contributed by atoms with Crippen LogP contribution < -0.4 is 5.73 Å². The number of benzene rings is 1. The predicted molar refractivity (Wildman–Crippen MR) is 59.4 cm³/mol. The lowest BCUT2D eigenvalue weighted by molar-refractivity contribution is 0.0697. The summed E-state index contributed by atoms with van der Waals surface area (Å²) in [6.07, 6.45) is 2.24. The average Bonchev–Trinajstić information content (AvgIpc) is 3.00. The number of nitrogen functional groups attached to an aromatic ring is 1. The lowest BCUT2D eigenvalue weighted by atomic mass is 10.2. The van der Waals surface area contributed by atoms with Gasteiger partial charge in [0.15, 0.2) is 0 Å². The second-order valence-corrected chi connectivity index (χ2v) is 4.08. The van der Waals surface area contributed by atoms with E-state index in [9.17, 15) is 4.79 Å². The maximum atomic E-state index is 10.8. The number of carbonyl (C=O) groups is 1. The molecule has 1 aromatic carbocycles. The molecular formula is C11H11N3O2. The zero-order valence-electron chi connectivity index (χ0n) is 8.55. The Hall–Kier alpha value is -2.04. The highest BCUT2D eigenvalue weighted by atomic mass is 16.4. The number of nitrogens with two attached hydrogens (primary N) is 1. The Morgan fingerprint density at radius 2 is 2.25 bits per heavy atom. The van der Waals surface area contributed by atoms with E-state index in [-0.39, 0.29) is 5.56 Å². The molecule has 0 unspecified atom stereocenters. The molecule has 0 atom stereocenters. The second-order valence-electron chi connectivity index (χ2n) is 4.08. The molecule has 0 radical (unpaired) electrons. The molecule has 2 aromatic rings. The lowest BCUT2D eigenvalue weighted by Crippen LogP contribution is -2.00. The molecule has 1 saturated carbocycles. The number of hydrogen-bond acceptors (Lipinski definition) is 3. The summed E-state index contributed by atoms with van der Waals surface area (Å²) in [4.78, 5) is 15.0. The van der Waals surface area contributed by atoms with E-state index in [0.717, 1.165) is 18.4 Å². The fourth-order valence-electron chi connectivity index (χ4n) is 1.97. The largest absolute Gasteiger partial charge is 0.478 e. The molecule has 1 heterocycles. The van der Waals surface area contributed by atoms with E-state index in [1.165, 1.54) is 0 Å². The van der Waals surface area contributed by atoms with Gasteiger partial charge in [0, 0.05) is 6.04 Å². The van der Waals surface area contributed by atoms with Gasteiger partial charge in [0.05, 0.1) is 16.6 Å². The first-order chi connectivity index (χ1) is 7.66. The first-order valence-electron chi connectivity index (χ1n) is 5.17. The van der Waals surface area contributed by atoms with Crippen LogP contribution in [0.15, 0.2) is 18.2 Å². The molecule has 0 amide bonds. The van der Waals surface area contributed by atoms with E-state index in [1.807, 2.05) is 4.57 Å². The van der Waals surface area contributed by atoms with E-state index in [1.54, 1.807) is 18.2 Å². The SMILES string of the molecule is Nc1nc2cc(C(=O)O)ccc2n1C1CC1. The quantitative estimate of drug-likeness (QED) is 0.801. The van der Waals surface area contributed by atoms with Gasteiger partial charge in [-0.2, -0.15) is 0 Å². The molecule has 0 bridgehead atoms. The molecule has 1 aliphatic carbocycles. The van der Waals surface area contributed by atoms with Crippen molar-refractivity contribution < 1.29 is 9.90 Å². The maximum Gasteiger partial charge on any atom is 0.335 e. The summed E-state index contributed by atoms with van der Waals surface area (Å²) in [6.45, 7) is 0. The Labute approximate surface area is 91.5 Å². The molecule has 5 heteroatoms. The molecule has 1 aliphatic rings. The molecule has 3 rings (SSSR count). The summed E-state index contributed by atoms with van der Waals surface area (Å²) in [5, 5.41) is 8.88. The van der Waals surface area contributed by atoms with Crippen molar-refractivity contribution in [1.29, 1.82) is 0 Å². The van der Waals surface area contributed by atoms with Gasteiger partial charge in [-0.15, -0.1) is 0 Å². The number of imidazole rings is 1. The minimum Gasteiger partial charge on any atom is -0.478 e. The Morgan fingerprint density at radius 3 is 2.88 bits per heavy atom. The fourth-order valence-corrected chi connectivity index (χ4v) is 1.97. The van der Waals surface area contributed by atoms with Gasteiger partial charge in [-0.1, -0.05) is 0 Å². The molecule has 1 aromatic heterocycles. The van der Waals surface area contributed by atoms with Crippen LogP contribution in [0.1, 0.15) is 29.2 Å². The van der Waals surface area contributed by atoms with Gasteiger partial charge in [0.1, 0.15) is 0 Å². The monoisotopic (exact) mass is 217 g/mol. The standard InChI is InChI=1S/C11H11N3O2/c12-11-13-8-5-6(10(15)16)1-4-9(8)14(11)7-2-3-7/h1,4-5,7H,2-3H2,(H2,12,13)(H,15,16). The molecule has 0 saturated heterocycles. The van der Waals surface area contributed by atoms with Crippen molar-refractivity contribution in [2.75, 3.05) is 5.73 Å². The van der Waals surface area contributed by atoms with E-state index >= 15 is 0 Å². The number of fused-ring (bicyclic) bond motifs is 1. The van der Waals surface area contributed by atoms with Gasteiger partial charge in [-0.25, -0.2) is 9.78 Å². The van der Waals surface area contributed by atoms with Crippen LogP contribution in [0.4, 0.5) is 5.95 Å². The smallest absolute Gasteiger partial charge is 0.335 e. The van der Waals surface area contributed by atoms with Gasteiger partial charge >= 0.3 is 5.97 Å². The van der Waals surface area contributed by atoms with Crippen molar-refractivity contribution in [2.45, 2.75) is 18.9 Å². The van der Waals surface area contributed by atoms with E-state index < -0.39 is 5.97 Å². The number of carboxylic acid groups (broad SMARTS) is 1. The second kappa shape index (κ2) is 2.98. The minimum absolute atomic E-state index is 0.243. The Morgan fingerprint density at radius 1 is 1.50 bits per heavy atom. The van der Waals surface area contributed by atoms with Gasteiger partial charge < -0.3 is 15.4 Å². The van der Waals surface area contributed by atoms with Crippen LogP contribution >= 0.6 is 0 Å². The third-order valence-corrected chi connectivity index (χ3v) is 2.88. The van der Waals surface area contributed by atoms with Crippen LogP contribution in [0, 0.1) is 0 Å². The molecule has 5 nitrogen and oxygen atoms in total. The highest BCUT2D eigenvalue weighted by Gasteiger charge is 2.27. The molecule has 0 spiro atoms. The van der Waals surface area contributed by atoms with Crippen LogP contribution in [0.2, 0.25) is 0 Å². The number of nitrogens with zero attached hydrogens (tertiary/aromatic N) is 2. The summed E-state index contributed by atoms with van der Waals surface area (Å²) in [5.74, 6) is -0.471. The molecule has 1 fully saturated rings. The molecule has 82 valence electrons. The predicted octanol–water partition coefficient (Wildman–Crippen LogP) is 1.65. The first-order valence-corrected chi connectivity index (χ1v) is 5.17. The summed E-state index contributed by atoms with van der Waals surface area (Å²) in [5.41, 5.74) is 7.65. The molecule has 16 heavy (non-hydrogen) atoms. The molecule has 0 aliphatic heterocycles. The first kappa shape index (κ1) is 9.21. The Balaban J connectivity index is 2.23. The lowest BCUT2D eigenvalue weighted by Gasteiger charge is -2.02. The third-order valence-electron chi connectivity index (χ3n) is 2.88. The van der Waals surface area contributed by atoms with Crippen LogP contribution in [0.5, 0.6) is 0 Å². The van der Waals surface area contributed by atoms with E-state index in [4.69, 9.17) is 10.8 Å². The summed E-state index contributed by atoms with van der Waals surface area (Å²) in [6, 6.07) is 5.37. The van der Waals surface area contributed by atoms with Crippen LogP contribution in [0.3, 0.4) is 0 Å². The van der Waals surface area contributed by atoms with Gasteiger partial charge in [-0.05, 0) is 31.0 Å². The van der Waals surface area contributed by atoms with Crippen LogP contribution in [0.25, 0.3) is 11.0 Å². The summed E-state index contributed by atoms with van der Waals surface area (Å²) in [7, 11) is 0. The number of aromatic carboxylic acids is 1. The van der Waals surface area contributed by atoms with Crippen molar-refractivity contribution in [3.8, 4) is 0 Å². The zero-order chi connectivity index (χ0) is 11.3. The number of anilines is 1. The fraction of sp³-hybridized carbons (Fsp3) is 0.273. The molecule has 3 N–H and O–H groups in total. The molecular weight excluding hydrogens is 206 g/mol. The highest BCUT2D eigenvalue weighted by Crippen LogP contribution is 2.39. The van der Waals surface area contributed by atoms with Crippen molar-refractivity contribution in [1.82, 2.24) is 9.55 Å². The van der Waals surface area contributed by atoms with Gasteiger partial charge in [0.25, 0.3) is 0 Å². The van der Waals surface area contributed by atoms with Crippen molar-refractivity contribution >= 4 is 23.0 Å². The van der Waals surface area contributed by atoms with Crippen molar-refractivity contribution in [3.05, 3.63) is 23.8 Å². The average molecular weight is 217 g/mol. The Kier molecular flexibility index (Phi) is 1.71. The number of rotatable bonds is 2. The topological polar surface area (TPSA) is 81.1 Å². The normalized spacial score (nSPS) is 15.5. The van der Waals surface area contributed by atoms with E-state index in [2.05, 4.69) is 4.98 Å². The van der Waals surface area contributed by atoms with Crippen molar-refractivity contribution in [3.63, 3.8) is 0 Å². The number of carboxylic acids is 1. The minimum atomic E-state index is -0.943. The van der Waals surface area contributed by atoms with Gasteiger partial charge in [-0.3, -0.25) is 0 Å². The van der Waals surface area contributed by atoms with E-state index in [0.29, 0.717) is 17.5 Å². The summed E-state index contributed by atoms with van der Waals surface area (Å²) < 4.78 is 1.99. The number of hydrogen-bond donors (Lipinski definition) is 2. The summed E-state index contributed by atoms with van der Waals surface area (Å²) >= 11 is 0. The third kappa shape index (κ3) is 1.25. The Bertz CT molecular complexity index is 584. The van der Waals surface area contributed by atoms with Crippen molar-refractivity contribution in [2.24, 2.45) is 0 Å². The van der Waals surface area contributed by atoms with Crippen LogP contribution in [-0.4, -0.2) is 20.6 Å².